The summed E-state index contributed by atoms with van der Waals surface area (Å²) in [6, 6.07) is 8.23. The van der Waals surface area contributed by atoms with Gasteiger partial charge in [-0.25, -0.2) is 8.78 Å². The van der Waals surface area contributed by atoms with E-state index < -0.39 is 11.6 Å². The predicted molar refractivity (Wildman–Crippen MR) is 85.4 cm³/mol. The quantitative estimate of drug-likeness (QED) is 0.783. The molecule has 0 aliphatic heterocycles. The van der Waals surface area contributed by atoms with Crippen molar-refractivity contribution in [1.29, 1.82) is 0 Å². The third-order valence-electron chi connectivity index (χ3n) is 2.74. The van der Waals surface area contributed by atoms with Crippen molar-refractivity contribution in [2.75, 3.05) is 5.75 Å². The molecule has 0 saturated heterocycles. The molecule has 1 N–H and O–H groups in total. The molecular weight excluding hydrogens is 351 g/mol. The van der Waals surface area contributed by atoms with E-state index in [1.54, 1.807) is 18.2 Å². The number of hydrogen-bond acceptors (Lipinski definition) is 2. The number of carbonyl (C=O) groups excluding carboxylic acids is 1. The topological polar surface area (TPSA) is 29.1 Å². The van der Waals surface area contributed by atoms with Crippen LogP contribution >= 0.6 is 35.0 Å². The number of nitrogens with one attached hydrogen (secondary N) is 1. The van der Waals surface area contributed by atoms with E-state index in [0.29, 0.717) is 10.0 Å². The van der Waals surface area contributed by atoms with Crippen LogP contribution in [0.4, 0.5) is 8.78 Å². The zero-order valence-electron chi connectivity index (χ0n) is 11.2. The molecule has 0 unspecified atom stereocenters. The highest BCUT2D eigenvalue weighted by atomic mass is 35.5. The van der Waals surface area contributed by atoms with Gasteiger partial charge in [-0.05, 0) is 29.8 Å². The van der Waals surface area contributed by atoms with Gasteiger partial charge in [0.25, 0.3) is 0 Å². The first-order valence-electron chi connectivity index (χ1n) is 6.24. The largest absolute Gasteiger partial charge is 0.351 e. The normalized spacial score (nSPS) is 10.5. The van der Waals surface area contributed by atoms with Crippen LogP contribution in [0.15, 0.2) is 41.3 Å². The van der Waals surface area contributed by atoms with Crippen LogP contribution in [0.3, 0.4) is 0 Å². The highest BCUT2D eigenvalue weighted by Gasteiger charge is 2.09. The highest BCUT2D eigenvalue weighted by Crippen LogP contribution is 2.23. The summed E-state index contributed by atoms with van der Waals surface area (Å²) in [4.78, 5) is 12.0. The van der Waals surface area contributed by atoms with Crippen molar-refractivity contribution >= 4 is 40.9 Å². The highest BCUT2D eigenvalue weighted by molar-refractivity contribution is 8.00. The van der Waals surface area contributed by atoms with Crippen LogP contribution in [0.5, 0.6) is 0 Å². The Morgan fingerprint density at radius 1 is 1.14 bits per heavy atom. The SMILES string of the molecule is O=C(CSc1ccc(F)cc1F)NCc1ccc(Cl)cc1Cl. The molecular formula is C15H11Cl2F2NOS. The van der Waals surface area contributed by atoms with Crippen LogP contribution in [0.1, 0.15) is 5.56 Å². The fourth-order valence-corrected chi connectivity index (χ4v) is 2.87. The lowest BCUT2D eigenvalue weighted by atomic mass is 10.2. The van der Waals surface area contributed by atoms with E-state index in [2.05, 4.69) is 5.32 Å². The molecule has 116 valence electrons. The van der Waals surface area contributed by atoms with Gasteiger partial charge in [0.15, 0.2) is 0 Å². The first-order valence-corrected chi connectivity index (χ1v) is 7.98. The Morgan fingerprint density at radius 2 is 1.91 bits per heavy atom. The summed E-state index contributed by atoms with van der Waals surface area (Å²) < 4.78 is 26.2. The van der Waals surface area contributed by atoms with Gasteiger partial charge in [0.1, 0.15) is 11.6 Å². The molecule has 0 heterocycles. The summed E-state index contributed by atoms with van der Waals surface area (Å²) in [6.07, 6.45) is 0. The minimum atomic E-state index is -0.682. The molecule has 7 heteroatoms. The Balaban J connectivity index is 1.85. The second kappa shape index (κ2) is 7.81. The lowest BCUT2D eigenvalue weighted by molar-refractivity contribution is -0.118. The maximum absolute atomic E-state index is 13.4. The second-order valence-electron chi connectivity index (χ2n) is 4.38. The Morgan fingerprint density at radius 3 is 2.59 bits per heavy atom. The molecule has 0 radical (unpaired) electrons. The molecule has 2 aromatic rings. The van der Waals surface area contributed by atoms with Gasteiger partial charge in [0, 0.05) is 27.6 Å². The summed E-state index contributed by atoms with van der Waals surface area (Å²) >= 11 is 12.8. The first-order chi connectivity index (χ1) is 10.5. The van der Waals surface area contributed by atoms with Crippen molar-refractivity contribution in [3.05, 3.63) is 63.6 Å². The van der Waals surface area contributed by atoms with E-state index in [4.69, 9.17) is 23.2 Å². The molecule has 0 bridgehead atoms. The molecule has 1 amide bonds. The molecule has 0 aliphatic rings. The molecule has 2 nitrogen and oxygen atoms in total. The van der Waals surface area contributed by atoms with E-state index in [1.165, 1.54) is 6.07 Å². The molecule has 0 atom stereocenters. The van der Waals surface area contributed by atoms with E-state index in [-0.39, 0.29) is 23.1 Å². The van der Waals surface area contributed by atoms with Gasteiger partial charge in [0.2, 0.25) is 5.91 Å². The number of benzene rings is 2. The minimum absolute atomic E-state index is 0.0216. The van der Waals surface area contributed by atoms with Crippen molar-refractivity contribution in [2.24, 2.45) is 0 Å². The number of rotatable bonds is 5. The Bertz CT molecular complexity index is 640. The van der Waals surface area contributed by atoms with E-state index in [1.807, 2.05) is 0 Å². The average molecular weight is 362 g/mol. The van der Waals surface area contributed by atoms with Crippen molar-refractivity contribution in [3.8, 4) is 0 Å². The van der Waals surface area contributed by atoms with Gasteiger partial charge < -0.3 is 5.32 Å². The third-order valence-corrected chi connectivity index (χ3v) is 4.38. The van der Waals surface area contributed by atoms with E-state index in [9.17, 15) is 13.6 Å². The van der Waals surface area contributed by atoms with Gasteiger partial charge in [-0.3, -0.25) is 4.79 Å². The molecule has 0 spiro atoms. The summed E-state index contributed by atoms with van der Waals surface area (Å²) in [6.45, 7) is 0.251. The number of thioether (sulfide) groups is 1. The Labute approximate surface area is 140 Å². The molecule has 0 aromatic heterocycles. The van der Waals surface area contributed by atoms with Crippen LogP contribution in [0.25, 0.3) is 0 Å². The van der Waals surface area contributed by atoms with Gasteiger partial charge >= 0.3 is 0 Å². The molecule has 22 heavy (non-hydrogen) atoms. The number of amides is 1. The number of halogens is 4. The minimum Gasteiger partial charge on any atom is -0.351 e. The lowest BCUT2D eigenvalue weighted by Crippen LogP contribution is -2.24. The summed E-state index contributed by atoms with van der Waals surface area (Å²) in [5, 5.41) is 3.66. The van der Waals surface area contributed by atoms with Crippen LogP contribution < -0.4 is 5.32 Å². The Hall–Kier alpha value is -1.30. The van der Waals surface area contributed by atoms with Crippen LogP contribution in [0, 0.1) is 11.6 Å². The van der Waals surface area contributed by atoms with Crippen molar-refractivity contribution in [3.63, 3.8) is 0 Å². The zero-order chi connectivity index (χ0) is 16.1. The number of carbonyl (C=O) groups is 1. The maximum Gasteiger partial charge on any atom is 0.230 e. The number of hydrogen-bond donors (Lipinski definition) is 1. The molecule has 0 fully saturated rings. The first kappa shape index (κ1) is 17.1. The predicted octanol–water partition coefficient (Wildman–Crippen LogP) is 4.68. The molecule has 0 aliphatic carbocycles. The molecule has 0 saturated carbocycles. The van der Waals surface area contributed by atoms with Crippen LogP contribution in [-0.2, 0) is 11.3 Å². The van der Waals surface area contributed by atoms with Gasteiger partial charge in [0.05, 0.1) is 5.75 Å². The maximum atomic E-state index is 13.4. The van der Waals surface area contributed by atoms with Crippen molar-refractivity contribution < 1.29 is 13.6 Å². The summed E-state index contributed by atoms with van der Waals surface area (Å²) in [7, 11) is 0. The molecule has 2 aromatic carbocycles. The summed E-state index contributed by atoms with van der Waals surface area (Å²) in [5.41, 5.74) is 0.734. The van der Waals surface area contributed by atoms with Gasteiger partial charge in [-0.1, -0.05) is 29.3 Å². The standard InChI is InChI=1S/C15H11Cl2F2NOS/c16-10-2-1-9(12(17)5-10)7-20-15(21)8-22-14-4-3-11(18)6-13(14)19/h1-6H,7-8H2,(H,20,21). The average Bonchev–Trinajstić information content (AvgIpc) is 2.45. The van der Waals surface area contributed by atoms with E-state index >= 15 is 0 Å². The smallest absolute Gasteiger partial charge is 0.230 e. The molecule has 2 rings (SSSR count). The zero-order valence-corrected chi connectivity index (χ0v) is 13.5. The third kappa shape index (κ3) is 4.87. The fraction of sp³-hybridized carbons (Fsp3) is 0.133. The van der Waals surface area contributed by atoms with E-state index in [0.717, 1.165) is 29.5 Å². The van der Waals surface area contributed by atoms with Crippen LogP contribution in [0.2, 0.25) is 10.0 Å². The summed E-state index contributed by atoms with van der Waals surface area (Å²) in [5.74, 6) is -1.59. The fourth-order valence-electron chi connectivity index (χ4n) is 1.65. The van der Waals surface area contributed by atoms with Crippen molar-refractivity contribution in [1.82, 2.24) is 5.32 Å². The monoisotopic (exact) mass is 361 g/mol. The van der Waals surface area contributed by atoms with Gasteiger partial charge in [-0.15, -0.1) is 11.8 Å². The lowest BCUT2D eigenvalue weighted by Gasteiger charge is -2.08. The second-order valence-corrected chi connectivity index (χ2v) is 6.24. The Kier molecular flexibility index (Phi) is 6.06. The van der Waals surface area contributed by atoms with Crippen LogP contribution in [-0.4, -0.2) is 11.7 Å². The van der Waals surface area contributed by atoms with Crippen molar-refractivity contribution in [2.45, 2.75) is 11.4 Å². The van der Waals surface area contributed by atoms with Gasteiger partial charge in [-0.2, -0.15) is 0 Å².